The van der Waals surface area contributed by atoms with Crippen molar-refractivity contribution in [3.63, 3.8) is 0 Å². The van der Waals surface area contributed by atoms with E-state index in [4.69, 9.17) is 10.7 Å². The average molecular weight is 545 g/mol. The standard InChI is InChI=1S/C32H31FN6.C2H2/c1-20(21-7-3-2-4-8-21)37-25-14-24(16-35-17-25)22-11-12-29(34)23(13-22)15-31-38-30-19-36-18-27(32(30)39-31)26-9-5-6-10-28(26)33;1-2/h5-6,9-14,16-19,21,37H,1-4,7-8,15,34H2,(H,38,39);1-2H. The zero-order chi connectivity index (χ0) is 28.8. The van der Waals surface area contributed by atoms with Gasteiger partial charge in [-0.2, -0.15) is 0 Å². The summed E-state index contributed by atoms with van der Waals surface area (Å²) in [6.07, 6.45) is 21.8. The molecule has 41 heavy (non-hydrogen) atoms. The third-order valence-corrected chi connectivity index (χ3v) is 7.58. The van der Waals surface area contributed by atoms with Gasteiger partial charge in [0.05, 0.1) is 29.1 Å². The summed E-state index contributed by atoms with van der Waals surface area (Å²) in [5, 5.41) is 3.50. The first-order valence-corrected chi connectivity index (χ1v) is 13.8. The number of hydrogen-bond donors (Lipinski definition) is 3. The number of terminal acetylenes is 1. The molecule has 1 fully saturated rings. The van der Waals surface area contributed by atoms with Gasteiger partial charge in [0.25, 0.3) is 0 Å². The van der Waals surface area contributed by atoms with Gasteiger partial charge in [-0.25, -0.2) is 9.37 Å². The lowest BCUT2D eigenvalue weighted by atomic mass is 9.87. The van der Waals surface area contributed by atoms with Gasteiger partial charge in [0.15, 0.2) is 0 Å². The number of rotatable bonds is 7. The summed E-state index contributed by atoms with van der Waals surface area (Å²) in [5.74, 6) is 0.946. The quantitative estimate of drug-likeness (QED) is 0.144. The van der Waals surface area contributed by atoms with Crippen LogP contribution in [-0.2, 0) is 6.42 Å². The second-order valence-corrected chi connectivity index (χ2v) is 10.3. The van der Waals surface area contributed by atoms with Crippen molar-refractivity contribution in [2.24, 2.45) is 5.92 Å². The van der Waals surface area contributed by atoms with Crippen molar-refractivity contribution >= 4 is 22.4 Å². The van der Waals surface area contributed by atoms with Crippen LogP contribution >= 0.6 is 0 Å². The van der Waals surface area contributed by atoms with Crippen LogP contribution in [0.1, 0.15) is 43.5 Å². The molecule has 3 aromatic heterocycles. The van der Waals surface area contributed by atoms with Gasteiger partial charge < -0.3 is 16.0 Å². The molecule has 1 saturated carbocycles. The van der Waals surface area contributed by atoms with E-state index in [1.54, 1.807) is 24.5 Å². The van der Waals surface area contributed by atoms with Crippen molar-refractivity contribution in [2.45, 2.75) is 38.5 Å². The lowest BCUT2D eigenvalue weighted by Crippen LogP contribution is -2.14. The number of nitrogens with one attached hydrogen (secondary N) is 2. The lowest BCUT2D eigenvalue weighted by molar-refractivity contribution is 0.405. The molecule has 7 heteroatoms. The Kier molecular flexibility index (Phi) is 8.40. The number of aromatic amines is 1. The van der Waals surface area contributed by atoms with Gasteiger partial charge in [0.1, 0.15) is 11.6 Å². The maximum atomic E-state index is 14.5. The molecule has 3 heterocycles. The summed E-state index contributed by atoms with van der Waals surface area (Å²) in [5.41, 5.74) is 14.6. The topological polar surface area (TPSA) is 92.5 Å². The molecule has 1 aliphatic rings. The Morgan fingerprint density at radius 1 is 0.951 bits per heavy atom. The van der Waals surface area contributed by atoms with Crippen LogP contribution < -0.4 is 11.1 Å². The summed E-state index contributed by atoms with van der Waals surface area (Å²) >= 11 is 0. The van der Waals surface area contributed by atoms with Crippen LogP contribution in [0.3, 0.4) is 0 Å². The largest absolute Gasteiger partial charge is 0.398 e. The molecule has 0 radical (unpaired) electrons. The highest BCUT2D eigenvalue weighted by atomic mass is 19.1. The minimum atomic E-state index is -0.305. The zero-order valence-electron chi connectivity index (χ0n) is 22.9. The molecule has 0 aliphatic heterocycles. The minimum Gasteiger partial charge on any atom is -0.398 e. The predicted octanol–water partition coefficient (Wildman–Crippen LogP) is 7.75. The van der Waals surface area contributed by atoms with Gasteiger partial charge in [0, 0.05) is 46.9 Å². The van der Waals surface area contributed by atoms with Gasteiger partial charge in [-0.1, -0.05) is 50.1 Å². The number of H-pyrrole nitrogens is 1. The SMILES string of the molecule is C#C.C=C(Nc1cncc(-c2ccc(N)c(Cc3nc4c(-c5ccccc5F)cncc4[nH]3)c2)c1)C1CCCCC1. The van der Waals surface area contributed by atoms with Crippen molar-refractivity contribution in [1.29, 1.82) is 0 Å². The molecule has 206 valence electrons. The normalized spacial score (nSPS) is 13.3. The van der Waals surface area contributed by atoms with Crippen LogP contribution in [-0.4, -0.2) is 19.9 Å². The summed E-state index contributed by atoms with van der Waals surface area (Å²) in [7, 11) is 0. The summed E-state index contributed by atoms with van der Waals surface area (Å²) in [4.78, 5) is 16.9. The molecule has 0 amide bonds. The van der Waals surface area contributed by atoms with Crippen molar-refractivity contribution in [1.82, 2.24) is 19.9 Å². The average Bonchev–Trinajstić information content (AvgIpc) is 3.43. The Bertz CT molecular complexity index is 1700. The van der Waals surface area contributed by atoms with E-state index in [9.17, 15) is 4.39 Å². The molecule has 6 nitrogen and oxygen atoms in total. The van der Waals surface area contributed by atoms with E-state index in [-0.39, 0.29) is 5.82 Å². The summed E-state index contributed by atoms with van der Waals surface area (Å²) in [6, 6.07) is 14.8. The number of imidazole rings is 1. The fourth-order valence-electron chi connectivity index (χ4n) is 5.47. The number of nitrogens with two attached hydrogens (primary N) is 1. The van der Waals surface area contributed by atoms with Gasteiger partial charge in [-0.05, 0) is 54.2 Å². The number of aromatic nitrogens is 4. The van der Waals surface area contributed by atoms with Crippen molar-refractivity contribution in [3.05, 3.63) is 103 Å². The zero-order valence-corrected chi connectivity index (χ0v) is 22.9. The van der Waals surface area contributed by atoms with Crippen LogP contribution in [0.2, 0.25) is 0 Å². The molecule has 0 unspecified atom stereocenters. The Balaban J connectivity index is 0.00000165. The maximum absolute atomic E-state index is 14.5. The van der Waals surface area contributed by atoms with E-state index >= 15 is 0 Å². The molecular formula is C34H33FN6. The molecule has 4 N–H and O–H groups in total. The van der Waals surface area contributed by atoms with E-state index in [1.807, 2.05) is 30.6 Å². The first kappa shape index (κ1) is 27.6. The number of nitrogens with zero attached hydrogens (tertiary/aromatic N) is 3. The highest BCUT2D eigenvalue weighted by molar-refractivity contribution is 5.91. The number of allylic oxidation sites excluding steroid dienone is 1. The van der Waals surface area contributed by atoms with Gasteiger partial charge in [0.2, 0.25) is 0 Å². The fourth-order valence-corrected chi connectivity index (χ4v) is 5.47. The monoisotopic (exact) mass is 544 g/mol. The molecule has 2 aromatic carbocycles. The fraction of sp³-hybridized carbons (Fsp3) is 0.206. The number of hydrogen-bond acceptors (Lipinski definition) is 5. The number of pyridine rings is 2. The minimum absolute atomic E-state index is 0.305. The summed E-state index contributed by atoms with van der Waals surface area (Å²) < 4.78 is 14.5. The van der Waals surface area contributed by atoms with Gasteiger partial charge in [-0.15, -0.1) is 12.8 Å². The van der Waals surface area contributed by atoms with Crippen molar-refractivity contribution < 1.29 is 4.39 Å². The van der Waals surface area contributed by atoms with Crippen molar-refractivity contribution in [2.75, 3.05) is 11.1 Å². The second-order valence-electron chi connectivity index (χ2n) is 10.3. The Morgan fingerprint density at radius 3 is 2.54 bits per heavy atom. The van der Waals surface area contributed by atoms with Crippen LogP contribution in [0.5, 0.6) is 0 Å². The molecule has 5 aromatic rings. The lowest BCUT2D eigenvalue weighted by Gasteiger charge is -2.24. The third-order valence-electron chi connectivity index (χ3n) is 7.58. The van der Waals surface area contributed by atoms with E-state index in [2.05, 4.69) is 51.8 Å². The Hall–Kier alpha value is -4.96. The Labute approximate surface area is 240 Å². The van der Waals surface area contributed by atoms with Crippen LogP contribution in [0.25, 0.3) is 33.3 Å². The number of anilines is 2. The first-order valence-electron chi connectivity index (χ1n) is 13.8. The highest BCUT2D eigenvalue weighted by Crippen LogP contribution is 2.32. The smallest absolute Gasteiger partial charge is 0.131 e. The predicted molar refractivity (Wildman–Crippen MR) is 165 cm³/mol. The van der Waals surface area contributed by atoms with E-state index in [0.717, 1.165) is 39.4 Å². The van der Waals surface area contributed by atoms with Crippen LogP contribution in [0, 0.1) is 24.6 Å². The number of benzene rings is 2. The highest BCUT2D eigenvalue weighted by Gasteiger charge is 2.17. The summed E-state index contributed by atoms with van der Waals surface area (Å²) in [6.45, 7) is 4.31. The molecule has 0 spiro atoms. The van der Waals surface area contributed by atoms with Gasteiger partial charge >= 0.3 is 0 Å². The van der Waals surface area contributed by atoms with E-state index in [0.29, 0.717) is 34.7 Å². The third kappa shape index (κ3) is 6.12. The van der Waals surface area contributed by atoms with Crippen molar-refractivity contribution in [3.8, 4) is 35.1 Å². The molecule has 0 saturated heterocycles. The number of halogens is 1. The molecule has 6 rings (SSSR count). The van der Waals surface area contributed by atoms with Crippen LogP contribution in [0.4, 0.5) is 15.8 Å². The number of nitrogen functional groups attached to an aromatic ring is 1. The molecule has 0 bridgehead atoms. The maximum Gasteiger partial charge on any atom is 0.131 e. The molecule has 0 atom stereocenters. The van der Waals surface area contributed by atoms with Crippen LogP contribution in [0.15, 0.2) is 85.6 Å². The first-order chi connectivity index (χ1) is 20.0. The Morgan fingerprint density at radius 2 is 1.73 bits per heavy atom. The number of fused-ring (bicyclic) bond motifs is 1. The second kappa shape index (κ2) is 12.5. The van der Waals surface area contributed by atoms with Gasteiger partial charge in [-0.3, -0.25) is 9.97 Å². The molecule has 1 aliphatic carbocycles. The van der Waals surface area contributed by atoms with E-state index in [1.165, 1.54) is 38.2 Å². The van der Waals surface area contributed by atoms with E-state index < -0.39 is 0 Å². The molecular weight excluding hydrogens is 511 g/mol.